The molecule has 2 amide bonds. The van der Waals surface area contributed by atoms with Gasteiger partial charge in [-0.1, -0.05) is 34.6 Å². The zero-order valence-corrected chi connectivity index (χ0v) is 25.9. The van der Waals surface area contributed by atoms with E-state index < -0.39 is 20.5 Å². The molecule has 0 spiro atoms. The van der Waals surface area contributed by atoms with E-state index in [0.717, 1.165) is 23.3 Å². The minimum atomic E-state index is -2.16. The molecule has 5 atom stereocenters. The molecule has 0 bridgehead atoms. The van der Waals surface area contributed by atoms with Crippen molar-refractivity contribution in [2.24, 2.45) is 11.8 Å². The second-order valence-corrected chi connectivity index (χ2v) is 17.9. The summed E-state index contributed by atoms with van der Waals surface area (Å²) in [5.74, 6) is 1.62. The highest BCUT2D eigenvalue weighted by Gasteiger charge is 2.45. The first kappa shape index (κ1) is 29.1. The van der Waals surface area contributed by atoms with Gasteiger partial charge in [0.1, 0.15) is 11.5 Å². The number of nitrogens with one attached hydrogen (secondary N) is 2. The molecule has 220 valence electrons. The average molecular weight is 580 g/mol. The zero-order chi connectivity index (χ0) is 29.7. The number of hydrogen-bond acceptors (Lipinski definition) is 7. The molecule has 3 N–H and O–H groups in total. The quantitative estimate of drug-likeness (QED) is 0.287. The van der Waals surface area contributed by atoms with Crippen molar-refractivity contribution in [3.8, 4) is 0 Å². The summed E-state index contributed by atoms with van der Waals surface area (Å²) in [4.78, 5) is 35.9. The van der Waals surface area contributed by atoms with Gasteiger partial charge in [0.05, 0.1) is 29.7 Å². The number of aromatic nitrogens is 2. The number of furan rings is 1. The molecule has 5 rings (SSSR count). The Morgan fingerprint density at radius 3 is 2.54 bits per heavy atom. The first-order valence-electron chi connectivity index (χ1n) is 14.3. The molecule has 1 saturated heterocycles. The lowest BCUT2D eigenvalue weighted by Crippen LogP contribution is -2.62. The van der Waals surface area contributed by atoms with E-state index in [4.69, 9.17) is 8.84 Å². The maximum absolute atomic E-state index is 13.3. The van der Waals surface area contributed by atoms with Crippen molar-refractivity contribution in [3.63, 3.8) is 0 Å². The Kier molecular flexibility index (Phi) is 7.62. The maximum Gasteiger partial charge on any atom is 0.405 e. The Bertz CT molecular complexity index is 1450. The average Bonchev–Trinajstić information content (AvgIpc) is 3.46. The van der Waals surface area contributed by atoms with Gasteiger partial charge in [0.2, 0.25) is 5.71 Å². The minimum Gasteiger partial charge on any atom is -0.465 e. The van der Waals surface area contributed by atoms with Crippen LogP contribution in [0.1, 0.15) is 63.2 Å². The zero-order valence-electron chi connectivity index (χ0n) is 24.9. The van der Waals surface area contributed by atoms with Crippen LogP contribution < -0.4 is 15.5 Å². The van der Waals surface area contributed by atoms with Crippen molar-refractivity contribution >= 4 is 42.8 Å². The van der Waals surface area contributed by atoms with Crippen LogP contribution in [0.5, 0.6) is 0 Å². The van der Waals surface area contributed by atoms with Gasteiger partial charge in [-0.3, -0.25) is 9.78 Å². The summed E-state index contributed by atoms with van der Waals surface area (Å²) in [6, 6.07) is 6.95. The van der Waals surface area contributed by atoms with E-state index in [-0.39, 0.29) is 28.7 Å². The summed E-state index contributed by atoms with van der Waals surface area (Å²) in [6.45, 7) is 16.2. The highest BCUT2D eigenvalue weighted by molar-refractivity contribution is 6.74. The fourth-order valence-electron chi connectivity index (χ4n) is 5.37. The topological polar surface area (TPSA) is 130 Å². The molecule has 1 saturated carbocycles. The van der Waals surface area contributed by atoms with Crippen LogP contribution in [0, 0.1) is 11.8 Å². The summed E-state index contributed by atoms with van der Waals surface area (Å²) >= 11 is 0. The number of carbonyl (C=O) groups excluding carboxylic acids is 1. The van der Waals surface area contributed by atoms with Gasteiger partial charge < -0.3 is 29.5 Å². The van der Waals surface area contributed by atoms with Gasteiger partial charge in [0.15, 0.2) is 8.32 Å². The van der Waals surface area contributed by atoms with E-state index in [1.165, 1.54) is 0 Å². The van der Waals surface area contributed by atoms with Gasteiger partial charge in [0, 0.05) is 36.5 Å². The van der Waals surface area contributed by atoms with E-state index in [2.05, 4.69) is 73.2 Å². The Morgan fingerprint density at radius 2 is 1.88 bits per heavy atom. The van der Waals surface area contributed by atoms with Crippen LogP contribution in [0.4, 0.5) is 16.2 Å². The smallest absolute Gasteiger partial charge is 0.405 e. The number of amides is 2. The predicted molar refractivity (Wildman–Crippen MR) is 161 cm³/mol. The van der Waals surface area contributed by atoms with Crippen LogP contribution in [0.15, 0.2) is 41.1 Å². The summed E-state index contributed by atoms with van der Waals surface area (Å²) < 4.78 is 12.7. The lowest BCUT2D eigenvalue weighted by molar-refractivity contribution is 0.0722. The highest BCUT2D eigenvalue weighted by Crippen LogP contribution is 2.48. The van der Waals surface area contributed by atoms with Gasteiger partial charge in [-0.15, -0.1) is 0 Å². The second kappa shape index (κ2) is 10.8. The molecule has 2 unspecified atom stereocenters. The van der Waals surface area contributed by atoms with Crippen molar-refractivity contribution in [1.82, 2.24) is 15.3 Å². The number of nitrogens with zero attached hydrogens (tertiary/aromatic N) is 3. The SMILES string of the molecule is CC1CC1c1cc2ccc(C(=O)Nc3cnccc3N3C[C@H](C)[C@H](O[Si](C)(C)C(C)(C)C)[C@H](NC(=O)O)C3)nc2o1. The van der Waals surface area contributed by atoms with E-state index in [0.29, 0.717) is 36.3 Å². The lowest BCUT2D eigenvalue weighted by Gasteiger charge is -2.48. The number of anilines is 2. The molecule has 2 aliphatic rings. The van der Waals surface area contributed by atoms with Crippen LogP contribution >= 0.6 is 0 Å². The summed E-state index contributed by atoms with van der Waals surface area (Å²) in [6.07, 6.45) is 3.03. The lowest BCUT2D eigenvalue weighted by atomic mass is 9.92. The molecule has 0 radical (unpaired) electrons. The molecule has 0 aromatic carbocycles. The Balaban J connectivity index is 1.36. The predicted octanol–water partition coefficient (Wildman–Crippen LogP) is 6.08. The fourth-order valence-corrected chi connectivity index (χ4v) is 6.80. The molecule has 11 heteroatoms. The third-order valence-electron chi connectivity index (χ3n) is 8.93. The Labute approximate surface area is 242 Å². The van der Waals surface area contributed by atoms with Crippen LogP contribution in [0.2, 0.25) is 18.1 Å². The number of piperidine rings is 1. The molecule has 3 aromatic heterocycles. The van der Waals surface area contributed by atoms with Crippen molar-refractivity contribution in [2.45, 2.75) is 77.2 Å². The molecule has 3 aromatic rings. The third kappa shape index (κ3) is 6.11. The van der Waals surface area contributed by atoms with Crippen LogP contribution in [-0.4, -0.2) is 60.6 Å². The maximum atomic E-state index is 13.3. The largest absolute Gasteiger partial charge is 0.465 e. The number of fused-ring (bicyclic) bond motifs is 1. The first-order chi connectivity index (χ1) is 19.2. The van der Waals surface area contributed by atoms with Gasteiger partial charge in [0.25, 0.3) is 5.91 Å². The molecule has 1 aliphatic heterocycles. The molecule has 41 heavy (non-hydrogen) atoms. The monoisotopic (exact) mass is 579 g/mol. The van der Waals surface area contributed by atoms with Gasteiger partial charge in [-0.05, 0) is 54.7 Å². The highest BCUT2D eigenvalue weighted by atomic mass is 28.4. The van der Waals surface area contributed by atoms with E-state index in [1.54, 1.807) is 18.5 Å². The first-order valence-corrected chi connectivity index (χ1v) is 17.2. The molecule has 4 heterocycles. The van der Waals surface area contributed by atoms with Crippen LogP contribution in [0.25, 0.3) is 11.1 Å². The van der Waals surface area contributed by atoms with E-state index in [9.17, 15) is 14.7 Å². The molecule has 10 nitrogen and oxygen atoms in total. The summed E-state index contributed by atoms with van der Waals surface area (Å²) in [5, 5.41) is 16.2. The minimum absolute atomic E-state index is 0.00916. The number of carboxylic acid groups (broad SMARTS) is 1. The number of carbonyl (C=O) groups is 2. The van der Waals surface area contributed by atoms with Gasteiger partial charge >= 0.3 is 6.09 Å². The summed E-state index contributed by atoms with van der Waals surface area (Å²) in [5.41, 5.74) is 1.99. The molecule has 2 fully saturated rings. The molecular weight excluding hydrogens is 538 g/mol. The third-order valence-corrected chi connectivity index (χ3v) is 13.4. The molecular formula is C30H41N5O5Si. The Morgan fingerprint density at radius 1 is 1.15 bits per heavy atom. The van der Waals surface area contributed by atoms with E-state index in [1.807, 2.05) is 18.2 Å². The molecule has 1 aliphatic carbocycles. The van der Waals surface area contributed by atoms with Crippen molar-refractivity contribution in [3.05, 3.63) is 48.1 Å². The van der Waals surface area contributed by atoms with Crippen LogP contribution in [-0.2, 0) is 4.43 Å². The van der Waals surface area contributed by atoms with E-state index >= 15 is 0 Å². The number of hydrogen-bond donors (Lipinski definition) is 3. The van der Waals surface area contributed by atoms with Crippen molar-refractivity contribution in [2.75, 3.05) is 23.3 Å². The standard InChI is InChI=1S/C30H41N5O5Si/c1-17-12-20(17)25-13-19-8-9-21(33-28(19)39-25)27(36)32-22-14-31-11-10-24(22)35-15-18(2)26(23(16-35)34-29(37)38)40-41(6,7)30(3,4)5/h8-11,13-14,17-18,20,23,26,34H,12,15-16H2,1-7H3,(H,32,36)(H,37,38)/t17?,18-,20?,23+,26-/m0/s1. The van der Waals surface area contributed by atoms with Gasteiger partial charge in [-0.25, -0.2) is 9.78 Å². The van der Waals surface area contributed by atoms with Crippen molar-refractivity contribution in [1.29, 1.82) is 0 Å². The normalized spacial score (nSPS) is 24.8. The number of pyridine rings is 2. The van der Waals surface area contributed by atoms with Crippen molar-refractivity contribution < 1.29 is 23.5 Å². The fraction of sp³-hybridized carbons (Fsp3) is 0.533. The second-order valence-electron chi connectivity index (χ2n) is 13.2. The number of rotatable bonds is 7. The van der Waals surface area contributed by atoms with Gasteiger partial charge in [-0.2, -0.15) is 0 Å². The Hall–Kier alpha value is -3.44. The van der Waals surface area contributed by atoms with Crippen LogP contribution in [0.3, 0.4) is 0 Å². The summed E-state index contributed by atoms with van der Waals surface area (Å²) in [7, 11) is -2.16.